The van der Waals surface area contributed by atoms with Crippen LogP contribution in [-0.2, 0) is 14.9 Å². The highest BCUT2D eigenvalue weighted by molar-refractivity contribution is 6.30. The molecule has 2 N–H and O–H groups in total. The van der Waals surface area contributed by atoms with Gasteiger partial charge in [-0.05, 0) is 30.5 Å². The summed E-state index contributed by atoms with van der Waals surface area (Å²) in [4.78, 5) is 12.3. The second kappa shape index (κ2) is 7.95. The Morgan fingerprint density at radius 1 is 1.36 bits per heavy atom. The van der Waals surface area contributed by atoms with Crippen LogP contribution in [0.3, 0.4) is 0 Å². The first kappa shape index (κ1) is 17.3. The summed E-state index contributed by atoms with van der Waals surface area (Å²) in [5.74, 6) is 0.0138. The molecule has 0 saturated carbocycles. The first-order valence-electron chi connectivity index (χ1n) is 7.96. The molecule has 1 unspecified atom stereocenters. The Hall–Kier alpha value is -1.10. The fraction of sp³-hybridized carbons (Fsp3) is 0.588. The maximum atomic E-state index is 12.3. The molecule has 1 atom stereocenters. The van der Waals surface area contributed by atoms with E-state index in [4.69, 9.17) is 16.3 Å². The van der Waals surface area contributed by atoms with Crippen molar-refractivity contribution in [3.05, 3.63) is 34.9 Å². The van der Waals surface area contributed by atoms with Crippen LogP contribution in [-0.4, -0.2) is 38.3 Å². The zero-order valence-corrected chi connectivity index (χ0v) is 14.1. The van der Waals surface area contributed by atoms with Crippen LogP contribution in [0.25, 0.3) is 0 Å². The smallest absolute Gasteiger partial charge is 0.239 e. The third kappa shape index (κ3) is 4.00. The van der Waals surface area contributed by atoms with E-state index in [1.165, 1.54) is 5.56 Å². The lowest BCUT2D eigenvalue weighted by Gasteiger charge is -2.33. The van der Waals surface area contributed by atoms with Gasteiger partial charge in [0.1, 0.15) is 6.04 Å². The Balaban J connectivity index is 2.04. The van der Waals surface area contributed by atoms with Crippen LogP contribution in [0.2, 0.25) is 5.02 Å². The minimum atomic E-state index is -0.245. The molecule has 1 aromatic carbocycles. The van der Waals surface area contributed by atoms with Gasteiger partial charge in [-0.1, -0.05) is 37.6 Å². The SMILES string of the molecule is CCC(CC)(CNC(=O)C1COCCN1)c1ccc(Cl)cc1. The van der Waals surface area contributed by atoms with E-state index >= 15 is 0 Å². The van der Waals surface area contributed by atoms with Crippen LogP contribution >= 0.6 is 11.6 Å². The third-order valence-corrected chi connectivity index (χ3v) is 4.90. The van der Waals surface area contributed by atoms with E-state index in [-0.39, 0.29) is 17.4 Å². The van der Waals surface area contributed by atoms with E-state index in [1.807, 2.05) is 12.1 Å². The Morgan fingerprint density at radius 2 is 2.05 bits per heavy atom. The number of benzene rings is 1. The third-order valence-electron chi connectivity index (χ3n) is 4.65. The second-order valence-electron chi connectivity index (χ2n) is 5.79. The predicted molar refractivity (Wildman–Crippen MR) is 89.3 cm³/mol. The molecule has 0 spiro atoms. The van der Waals surface area contributed by atoms with E-state index in [1.54, 1.807) is 0 Å². The highest BCUT2D eigenvalue weighted by atomic mass is 35.5. The van der Waals surface area contributed by atoms with Gasteiger partial charge in [0.2, 0.25) is 5.91 Å². The fourth-order valence-electron chi connectivity index (χ4n) is 2.93. The number of hydrogen-bond donors (Lipinski definition) is 2. The summed E-state index contributed by atoms with van der Waals surface area (Å²) in [7, 11) is 0. The zero-order chi connectivity index (χ0) is 16.0. The number of morpholine rings is 1. The Kier molecular flexibility index (Phi) is 6.24. The minimum Gasteiger partial charge on any atom is -0.378 e. The van der Waals surface area contributed by atoms with Gasteiger partial charge in [-0.25, -0.2) is 0 Å². The van der Waals surface area contributed by atoms with Crippen LogP contribution in [0.5, 0.6) is 0 Å². The van der Waals surface area contributed by atoms with Gasteiger partial charge in [-0.2, -0.15) is 0 Å². The predicted octanol–water partition coefficient (Wildman–Crippen LogP) is 2.50. The molecule has 1 amide bonds. The lowest BCUT2D eigenvalue weighted by Crippen LogP contribution is -2.53. The number of amides is 1. The van der Waals surface area contributed by atoms with Gasteiger partial charge in [-0.3, -0.25) is 4.79 Å². The van der Waals surface area contributed by atoms with Crippen molar-refractivity contribution in [2.45, 2.75) is 38.1 Å². The van der Waals surface area contributed by atoms with Crippen molar-refractivity contribution in [3.8, 4) is 0 Å². The second-order valence-corrected chi connectivity index (χ2v) is 6.23. The number of nitrogens with one attached hydrogen (secondary N) is 2. The van der Waals surface area contributed by atoms with Crippen LogP contribution < -0.4 is 10.6 Å². The van der Waals surface area contributed by atoms with E-state index in [0.717, 1.165) is 24.4 Å². The number of halogens is 1. The number of rotatable bonds is 6. The number of carbonyl (C=O) groups is 1. The molecule has 1 saturated heterocycles. The highest BCUT2D eigenvalue weighted by Gasteiger charge is 2.30. The van der Waals surface area contributed by atoms with Crippen molar-refractivity contribution in [3.63, 3.8) is 0 Å². The van der Waals surface area contributed by atoms with Gasteiger partial charge in [0.15, 0.2) is 0 Å². The van der Waals surface area contributed by atoms with Gasteiger partial charge in [0.25, 0.3) is 0 Å². The summed E-state index contributed by atoms with van der Waals surface area (Å²) in [6.07, 6.45) is 1.92. The summed E-state index contributed by atoms with van der Waals surface area (Å²) < 4.78 is 5.35. The Bertz CT molecular complexity index is 480. The fourth-order valence-corrected chi connectivity index (χ4v) is 3.05. The van der Waals surface area contributed by atoms with Crippen molar-refractivity contribution in [1.29, 1.82) is 0 Å². The van der Waals surface area contributed by atoms with E-state index in [2.05, 4.69) is 36.6 Å². The van der Waals surface area contributed by atoms with Crippen molar-refractivity contribution >= 4 is 17.5 Å². The molecule has 2 rings (SSSR count). The van der Waals surface area contributed by atoms with Gasteiger partial charge in [-0.15, -0.1) is 0 Å². The van der Waals surface area contributed by atoms with Crippen molar-refractivity contribution < 1.29 is 9.53 Å². The molecule has 1 aromatic rings. The van der Waals surface area contributed by atoms with Crippen LogP contribution in [0.15, 0.2) is 24.3 Å². The van der Waals surface area contributed by atoms with Gasteiger partial charge >= 0.3 is 0 Å². The van der Waals surface area contributed by atoms with Gasteiger partial charge in [0, 0.05) is 23.5 Å². The normalized spacial score (nSPS) is 19.0. The summed E-state index contributed by atoms with van der Waals surface area (Å²) in [5.41, 5.74) is 1.16. The Labute approximate surface area is 137 Å². The molecule has 22 heavy (non-hydrogen) atoms. The van der Waals surface area contributed by atoms with E-state index < -0.39 is 0 Å². The maximum Gasteiger partial charge on any atom is 0.239 e. The standard InChI is InChI=1S/C17H25ClN2O2/c1-3-17(4-2,13-5-7-14(18)8-6-13)12-20-16(21)15-11-22-10-9-19-15/h5-8,15,19H,3-4,9-12H2,1-2H3,(H,20,21). The largest absolute Gasteiger partial charge is 0.378 e. The molecular formula is C17H25ClN2O2. The number of ether oxygens (including phenoxy) is 1. The molecule has 1 heterocycles. The van der Waals surface area contributed by atoms with Crippen LogP contribution in [0, 0.1) is 0 Å². The monoisotopic (exact) mass is 324 g/mol. The molecule has 1 aliphatic rings. The first-order chi connectivity index (χ1) is 10.6. The molecule has 0 aliphatic carbocycles. The molecule has 4 nitrogen and oxygen atoms in total. The van der Waals surface area contributed by atoms with Crippen LogP contribution in [0.1, 0.15) is 32.3 Å². The first-order valence-corrected chi connectivity index (χ1v) is 8.34. The van der Waals surface area contributed by atoms with Gasteiger partial charge < -0.3 is 15.4 Å². The molecule has 0 aromatic heterocycles. The van der Waals surface area contributed by atoms with E-state index in [0.29, 0.717) is 19.8 Å². The van der Waals surface area contributed by atoms with Crippen molar-refractivity contribution in [1.82, 2.24) is 10.6 Å². The Morgan fingerprint density at radius 3 is 2.59 bits per heavy atom. The topological polar surface area (TPSA) is 50.4 Å². The number of hydrogen-bond acceptors (Lipinski definition) is 3. The minimum absolute atomic E-state index is 0.0138. The quantitative estimate of drug-likeness (QED) is 0.845. The molecule has 0 radical (unpaired) electrons. The molecule has 122 valence electrons. The molecule has 1 aliphatic heterocycles. The lowest BCUT2D eigenvalue weighted by molar-refractivity contribution is -0.126. The lowest BCUT2D eigenvalue weighted by atomic mass is 9.75. The highest BCUT2D eigenvalue weighted by Crippen LogP contribution is 2.31. The van der Waals surface area contributed by atoms with Crippen molar-refractivity contribution in [2.24, 2.45) is 0 Å². The summed E-state index contributed by atoms with van der Waals surface area (Å²) in [6, 6.07) is 7.70. The van der Waals surface area contributed by atoms with Gasteiger partial charge in [0.05, 0.1) is 13.2 Å². The average Bonchev–Trinajstić information content (AvgIpc) is 2.58. The van der Waals surface area contributed by atoms with E-state index in [9.17, 15) is 4.79 Å². The molecule has 0 bridgehead atoms. The summed E-state index contributed by atoms with van der Waals surface area (Å²) in [5, 5.41) is 7.01. The summed E-state index contributed by atoms with van der Waals surface area (Å²) >= 11 is 5.99. The average molecular weight is 325 g/mol. The number of carbonyl (C=O) groups excluding carboxylic acids is 1. The summed E-state index contributed by atoms with van der Waals surface area (Å²) in [6.45, 7) is 6.78. The molecule has 5 heteroatoms. The molecular weight excluding hydrogens is 300 g/mol. The zero-order valence-electron chi connectivity index (χ0n) is 13.3. The molecule has 1 fully saturated rings. The van der Waals surface area contributed by atoms with Crippen molar-refractivity contribution in [2.75, 3.05) is 26.3 Å². The maximum absolute atomic E-state index is 12.3. The van der Waals surface area contributed by atoms with Crippen LogP contribution in [0.4, 0.5) is 0 Å².